The van der Waals surface area contributed by atoms with Gasteiger partial charge in [-0.15, -0.1) is 0 Å². The van der Waals surface area contributed by atoms with E-state index in [0.29, 0.717) is 0 Å². The fourth-order valence-electron chi connectivity index (χ4n) is 1.11. The van der Waals surface area contributed by atoms with E-state index in [1.54, 1.807) is 6.07 Å². The molecule has 0 fully saturated rings. The lowest BCUT2D eigenvalue weighted by atomic mass is 10.0. The predicted molar refractivity (Wildman–Crippen MR) is 47.2 cm³/mol. The molecule has 0 heterocycles. The van der Waals surface area contributed by atoms with Crippen LogP contribution in [-0.2, 0) is 0 Å². The first-order valence-corrected chi connectivity index (χ1v) is 4.13. The van der Waals surface area contributed by atoms with Crippen LogP contribution in [0.2, 0.25) is 0 Å². The quantitative estimate of drug-likeness (QED) is 0.749. The second kappa shape index (κ2) is 3.73. The summed E-state index contributed by atoms with van der Waals surface area (Å²) in [5, 5.41) is 9.11. The zero-order chi connectivity index (χ0) is 10.0. The van der Waals surface area contributed by atoms with Crippen molar-refractivity contribution in [3.8, 4) is 5.75 Å². The van der Waals surface area contributed by atoms with Gasteiger partial charge in [-0.3, -0.25) is 0 Å². The van der Waals surface area contributed by atoms with Crippen LogP contribution in [0.25, 0.3) is 0 Å². The Morgan fingerprint density at radius 1 is 1.23 bits per heavy atom. The molecule has 0 aliphatic carbocycles. The Balaban J connectivity index is 3.11. The summed E-state index contributed by atoms with van der Waals surface area (Å²) in [4.78, 5) is 0. The highest BCUT2D eigenvalue weighted by atomic mass is 19.3. The highest BCUT2D eigenvalue weighted by Crippen LogP contribution is 2.30. The molecule has 1 aromatic rings. The molecule has 0 radical (unpaired) electrons. The van der Waals surface area contributed by atoms with E-state index in [1.165, 1.54) is 12.1 Å². The second-order valence-corrected chi connectivity index (χ2v) is 3.27. The lowest BCUT2D eigenvalue weighted by Gasteiger charge is -2.09. The summed E-state index contributed by atoms with van der Waals surface area (Å²) in [7, 11) is 0. The van der Waals surface area contributed by atoms with Crippen LogP contribution in [0.15, 0.2) is 18.2 Å². The van der Waals surface area contributed by atoms with Crippen LogP contribution >= 0.6 is 0 Å². The fraction of sp³-hybridized carbons (Fsp3) is 0.400. The summed E-state index contributed by atoms with van der Waals surface area (Å²) in [5.74, 6) is -0.141. The number of halogens is 2. The molecule has 1 nitrogen and oxygen atoms in total. The fourth-order valence-corrected chi connectivity index (χ4v) is 1.11. The molecular weight excluding hydrogens is 174 g/mol. The minimum Gasteiger partial charge on any atom is -0.507 e. The Morgan fingerprint density at radius 3 is 2.31 bits per heavy atom. The van der Waals surface area contributed by atoms with Crippen molar-refractivity contribution in [2.45, 2.75) is 26.2 Å². The Kier molecular flexibility index (Phi) is 2.86. The monoisotopic (exact) mass is 186 g/mol. The molecule has 0 saturated carbocycles. The molecule has 0 atom stereocenters. The molecule has 0 bridgehead atoms. The predicted octanol–water partition coefficient (Wildman–Crippen LogP) is 3.45. The van der Waals surface area contributed by atoms with Crippen LogP contribution in [0, 0.1) is 0 Å². The normalized spacial score (nSPS) is 11.2. The number of alkyl halides is 2. The Bertz CT molecular complexity index is 295. The third-order valence-corrected chi connectivity index (χ3v) is 1.95. The number of benzene rings is 1. The molecule has 0 unspecified atom stereocenters. The first-order chi connectivity index (χ1) is 6.02. The third-order valence-electron chi connectivity index (χ3n) is 1.95. The highest BCUT2D eigenvalue weighted by molar-refractivity contribution is 5.37. The largest absolute Gasteiger partial charge is 0.507 e. The number of phenols is 1. The molecule has 1 aromatic carbocycles. The lowest BCUT2D eigenvalue weighted by molar-refractivity contribution is 0.147. The van der Waals surface area contributed by atoms with Crippen molar-refractivity contribution < 1.29 is 13.9 Å². The van der Waals surface area contributed by atoms with Gasteiger partial charge in [-0.25, -0.2) is 8.78 Å². The van der Waals surface area contributed by atoms with E-state index in [1.807, 2.05) is 13.8 Å². The van der Waals surface area contributed by atoms with E-state index in [2.05, 4.69) is 0 Å². The first kappa shape index (κ1) is 9.96. The van der Waals surface area contributed by atoms with Crippen LogP contribution in [0.1, 0.15) is 37.3 Å². The van der Waals surface area contributed by atoms with Gasteiger partial charge < -0.3 is 5.11 Å². The number of aromatic hydroxyl groups is 1. The van der Waals surface area contributed by atoms with Gasteiger partial charge in [0.15, 0.2) is 0 Å². The minimum absolute atomic E-state index is 0.193. The van der Waals surface area contributed by atoms with Crippen LogP contribution in [0.5, 0.6) is 5.75 Å². The highest BCUT2D eigenvalue weighted by Gasteiger charge is 2.13. The van der Waals surface area contributed by atoms with Crippen molar-refractivity contribution in [3.05, 3.63) is 29.3 Å². The van der Waals surface area contributed by atoms with Gasteiger partial charge in [0.05, 0.1) is 5.56 Å². The second-order valence-electron chi connectivity index (χ2n) is 3.27. The number of rotatable bonds is 2. The summed E-state index contributed by atoms with van der Waals surface area (Å²) < 4.78 is 24.6. The van der Waals surface area contributed by atoms with E-state index in [9.17, 15) is 8.78 Å². The van der Waals surface area contributed by atoms with Gasteiger partial charge in [-0.05, 0) is 23.6 Å². The summed E-state index contributed by atoms with van der Waals surface area (Å²) in [6, 6.07) is 4.33. The molecule has 0 aliphatic heterocycles. The van der Waals surface area contributed by atoms with E-state index < -0.39 is 6.43 Å². The maximum absolute atomic E-state index is 12.3. The van der Waals surface area contributed by atoms with Gasteiger partial charge in [0, 0.05) is 0 Å². The Hall–Kier alpha value is -1.12. The average molecular weight is 186 g/mol. The zero-order valence-corrected chi connectivity index (χ0v) is 7.59. The number of hydrogen-bond donors (Lipinski definition) is 1. The van der Waals surface area contributed by atoms with Crippen molar-refractivity contribution in [2.24, 2.45) is 0 Å². The molecule has 0 aromatic heterocycles. The van der Waals surface area contributed by atoms with Gasteiger partial charge in [0.2, 0.25) is 0 Å². The van der Waals surface area contributed by atoms with E-state index in [-0.39, 0.29) is 17.2 Å². The molecule has 72 valence electrons. The Labute approximate surface area is 76.0 Å². The van der Waals surface area contributed by atoms with Crippen LogP contribution < -0.4 is 0 Å². The van der Waals surface area contributed by atoms with Gasteiger partial charge in [-0.2, -0.15) is 0 Å². The molecule has 0 amide bonds. The molecular formula is C10H12F2O. The smallest absolute Gasteiger partial charge is 0.267 e. The first-order valence-electron chi connectivity index (χ1n) is 4.13. The summed E-state index contributed by atoms with van der Waals surface area (Å²) in [6.45, 7) is 3.84. The van der Waals surface area contributed by atoms with Gasteiger partial charge in [0.25, 0.3) is 6.43 Å². The lowest BCUT2D eigenvalue weighted by Crippen LogP contribution is -1.91. The summed E-state index contributed by atoms with van der Waals surface area (Å²) >= 11 is 0. The van der Waals surface area contributed by atoms with Crippen molar-refractivity contribution in [3.63, 3.8) is 0 Å². The number of hydrogen-bond acceptors (Lipinski definition) is 1. The molecule has 1 rings (SSSR count). The van der Waals surface area contributed by atoms with E-state index >= 15 is 0 Å². The van der Waals surface area contributed by atoms with Crippen molar-refractivity contribution >= 4 is 0 Å². The average Bonchev–Trinajstić information content (AvgIpc) is 2.04. The van der Waals surface area contributed by atoms with Crippen LogP contribution in [-0.4, -0.2) is 5.11 Å². The van der Waals surface area contributed by atoms with Crippen molar-refractivity contribution in [1.82, 2.24) is 0 Å². The van der Waals surface area contributed by atoms with Crippen LogP contribution in [0.3, 0.4) is 0 Å². The Morgan fingerprint density at radius 2 is 1.85 bits per heavy atom. The van der Waals surface area contributed by atoms with Gasteiger partial charge >= 0.3 is 0 Å². The molecule has 3 heteroatoms. The van der Waals surface area contributed by atoms with Gasteiger partial charge in [0.1, 0.15) is 5.75 Å². The maximum Gasteiger partial charge on any atom is 0.267 e. The molecule has 1 N–H and O–H groups in total. The summed E-state index contributed by atoms with van der Waals surface area (Å²) in [5.41, 5.74) is 0.527. The van der Waals surface area contributed by atoms with E-state index in [4.69, 9.17) is 5.11 Å². The molecule has 13 heavy (non-hydrogen) atoms. The zero-order valence-electron chi connectivity index (χ0n) is 7.59. The third kappa shape index (κ3) is 2.17. The molecule has 0 saturated heterocycles. The van der Waals surface area contributed by atoms with Crippen molar-refractivity contribution in [2.75, 3.05) is 0 Å². The SMILES string of the molecule is CC(C)c1ccc(O)c(C(F)F)c1. The molecule has 0 aliphatic rings. The number of phenolic OH excluding ortho intramolecular Hbond substituents is 1. The van der Waals surface area contributed by atoms with Crippen LogP contribution in [0.4, 0.5) is 8.78 Å². The summed E-state index contributed by atoms with van der Waals surface area (Å²) in [6.07, 6.45) is -2.61. The molecule has 0 spiro atoms. The standard InChI is InChI=1S/C10H12F2O/c1-6(2)7-3-4-9(13)8(5-7)10(11)12/h3-6,10,13H,1-2H3. The van der Waals surface area contributed by atoms with Gasteiger partial charge in [-0.1, -0.05) is 19.9 Å². The maximum atomic E-state index is 12.3. The van der Waals surface area contributed by atoms with Crippen molar-refractivity contribution in [1.29, 1.82) is 0 Å². The topological polar surface area (TPSA) is 20.2 Å². The minimum atomic E-state index is -2.61. The van der Waals surface area contributed by atoms with E-state index in [0.717, 1.165) is 5.56 Å².